The number of carbonyl (C=O) groups excluding carboxylic acids is 1. The summed E-state index contributed by atoms with van der Waals surface area (Å²) in [7, 11) is 0. The van der Waals surface area contributed by atoms with Crippen molar-refractivity contribution in [2.24, 2.45) is 0 Å². The maximum absolute atomic E-state index is 11.9. The van der Waals surface area contributed by atoms with Crippen molar-refractivity contribution >= 4 is 11.9 Å². The largest absolute Gasteiger partial charge is 0.455 e. The molecule has 126 valence electrons. The van der Waals surface area contributed by atoms with Crippen LogP contribution in [0, 0.1) is 10.1 Å². The van der Waals surface area contributed by atoms with Crippen molar-refractivity contribution in [3.05, 3.63) is 82.4 Å². The number of carbonyl (C=O) groups is 1. The molecule has 2 aromatic heterocycles. The molecule has 0 amide bonds. The molecule has 0 aliphatic heterocycles. The van der Waals surface area contributed by atoms with Crippen LogP contribution in [0.3, 0.4) is 0 Å². The fourth-order valence-electron chi connectivity index (χ4n) is 2.01. The third kappa shape index (κ3) is 3.99. The average molecular weight is 340 g/mol. The van der Waals surface area contributed by atoms with Crippen LogP contribution in [-0.4, -0.2) is 15.9 Å². The highest BCUT2D eigenvalue weighted by molar-refractivity contribution is 5.86. The molecule has 25 heavy (non-hydrogen) atoms. The van der Waals surface area contributed by atoms with Gasteiger partial charge in [0.2, 0.25) is 5.76 Å². The van der Waals surface area contributed by atoms with Crippen molar-refractivity contribution in [2.75, 3.05) is 0 Å². The van der Waals surface area contributed by atoms with Crippen LogP contribution < -0.4 is 4.74 Å². The van der Waals surface area contributed by atoms with E-state index in [1.54, 1.807) is 48.8 Å². The third-order valence-corrected chi connectivity index (χ3v) is 3.17. The number of hydrogen-bond acceptors (Lipinski definition) is 7. The molecular formula is C17H12N2O6. The van der Waals surface area contributed by atoms with Crippen LogP contribution in [-0.2, 0) is 11.3 Å². The van der Waals surface area contributed by atoms with E-state index >= 15 is 0 Å². The Morgan fingerprint density at radius 1 is 1.16 bits per heavy atom. The molecule has 1 aromatic carbocycles. The Morgan fingerprint density at radius 3 is 2.72 bits per heavy atom. The summed E-state index contributed by atoms with van der Waals surface area (Å²) in [6.07, 6.45) is 3.19. The predicted molar refractivity (Wildman–Crippen MR) is 85.2 cm³/mol. The standard InChI is InChI=1S/C17H12N2O6/c20-17(15-7-8-16(25-15)19(21)22)23-11-12-4-1-2-6-14(12)24-13-5-3-9-18-10-13/h1-10H,11H2. The second-order valence-corrected chi connectivity index (χ2v) is 4.87. The monoisotopic (exact) mass is 340 g/mol. The zero-order valence-electron chi connectivity index (χ0n) is 12.8. The second kappa shape index (κ2) is 7.26. The van der Waals surface area contributed by atoms with Crippen molar-refractivity contribution < 1.29 is 23.6 Å². The van der Waals surface area contributed by atoms with E-state index in [4.69, 9.17) is 13.9 Å². The van der Waals surface area contributed by atoms with Crippen molar-refractivity contribution in [3.8, 4) is 11.5 Å². The summed E-state index contributed by atoms with van der Waals surface area (Å²) in [5.74, 6) is -0.509. The van der Waals surface area contributed by atoms with E-state index in [2.05, 4.69) is 4.98 Å². The zero-order chi connectivity index (χ0) is 17.6. The maximum Gasteiger partial charge on any atom is 0.433 e. The molecule has 0 saturated heterocycles. The summed E-state index contributed by atoms with van der Waals surface area (Å²) in [4.78, 5) is 25.7. The van der Waals surface area contributed by atoms with Gasteiger partial charge in [0.05, 0.1) is 12.3 Å². The normalized spacial score (nSPS) is 10.2. The van der Waals surface area contributed by atoms with Crippen LogP contribution in [0.4, 0.5) is 5.88 Å². The minimum absolute atomic E-state index is 0.0796. The molecule has 3 rings (SSSR count). The van der Waals surface area contributed by atoms with Crippen LogP contribution in [0.2, 0.25) is 0 Å². The quantitative estimate of drug-likeness (QED) is 0.382. The third-order valence-electron chi connectivity index (χ3n) is 3.17. The average Bonchev–Trinajstić information content (AvgIpc) is 3.12. The first-order valence-corrected chi connectivity index (χ1v) is 7.20. The fraction of sp³-hybridized carbons (Fsp3) is 0.0588. The van der Waals surface area contributed by atoms with Crippen molar-refractivity contribution in [3.63, 3.8) is 0 Å². The first kappa shape index (κ1) is 16.2. The number of pyridine rings is 1. The summed E-state index contributed by atoms with van der Waals surface area (Å²) in [5.41, 5.74) is 0.626. The molecule has 8 nitrogen and oxygen atoms in total. The van der Waals surface area contributed by atoms with Crippen LogP contribution in [0.1, 0.15) is 16.1 Å². The van der Waals surface area contributed by atoms with Crippen molar-refractivity contribution in [2.45, 2.75) is 6.61 Å². The van der Waals surface area contributed by atoms with Gasteiger partial charge in [0.25, 0.3) is 0 Å². The highest BCUT2D eigenvalue weighted by atomic mass is 16.7. The van der Waals surface area contributed by atoms with Crippen molar-refractivity contribution in [1.29, 1.82) is 0 Å². The molecule has 3 aromatic rings. The zero-order valence-corrected chi connectivity index (χ0v) is 12.8. The Kier molecular flexibility index (Phi) is 4.70. The van der Waals surface area contributed by atoms with Gasteiger partial charge in [-0.2, -0.15) is 0 Å². The Bertz CT molecular complexity index is 891. The van der Waals surface area contributed by atoms with Crippen LogP contribution in [0.5, 0.6) is 11.5 Å². The summed E-state index contributed by atoms with van der Waals surface area (Å²) in [5, 5.41) is 10.6. The van der Waals surface area contributed by atoms with Crippen LogP contribution in [0.15, 0.2) is 65.3 Å². The number of furan rings is 1. The molecule has 0 aliphatic rings. The van der Waals surface area contributed by atoms with Gasteiger partial charge >= 0.3 is 11.9 Å². The minimum atomic E-state index is -0.802. The van der Waals surface area contributed by atoms with E-state index in [1.165, 1.54) is 6.07 Å². The SMILES string of the molecule is O=C(OCc1ccccc1Oc1cccnc1)c1ccc([N+](=O)[O-])o1. The topological polar surface area (TPSA) is 105 Å². The Morgan fingerprint density at radius 2 is 2.00 bits per heavy atom. The number of benzene rings is 1. The molecule has 0 saturated carbocycles. The number of rotatable bonds is 6. The lowest BCUT2D eigenvalue weighted by atomic mass is 10.2. The van der Waals surface area contributed by atoms with Crippen molar-refractivity contribution in [1.82, 2.24) is 4.98 Å². The first-order valence-electron chi connectivity index (χ1n) is 7.20. The molecule has 0 N–H and O–H groups in total. The van der Waals surface area contributed by atoms with E-state index < -0.39 is 16.8 Å². The molecular weight excluding hydrogens is 328 g/mol. The molecule has 0 atom stereocenters. The molecule has 0 radical (unpaired) electrons. The molecule has 0 aliphatic carbocycles. The van der Waals surface area contributed by atoms with E-state index in [0.29, 0.717) is 17.1 Å². The second-order valence-electron chi connectivity index (χ2n) is 4.87. The lowest BCUT2D eigenvalue weighted by Gasteiger charge is -2.10. The Hall–Kier alpha value is -3.68. The highest BCUT2D eigenvalue weighted by Gasteiger charge is 2.19. The lowest BCUT2D eigenvalue weighted by molar-refractivity contribution is -0.402. The number of para-hydroxylation sites is 1. The molecule has 0 bridgehead atoms. The number of nitro groups is 1. The molecule has 8 heteroatoms. The summed E-state index contributed by atoms with van der Waals surface area (Å²) in [6.45, 7) is -0.0796. The summed E-state index contributed by atoms with van der Waals surface area (Å²) < 4.78 is 15.7. The number of hydrogen-bond donors (Lipinski definition) is 0. The van der Waals surface area contributed by atoms with Gasteiger partial charge in [0.15, 0.2) is 0 Å². The highest BCUT2D eigenvalue weighted by Crippen LogP contribution is 2.25. The first-order chi connectivity index (χ1) is 12.1. The molecule has 0 unspecified atom stereocenters. The number of aromatic nitrogens is 1. The van der Waals surface area contributed by atoms with E-state index in [1.807, 2.05) is 0 Å². The van der Waals surface area contributed by atoms with Crippen LogP contribution >= 0.6 is 0 Å². The molecule has 0 spiro atoms. The van der Waals surface area contributed by atoms with Gasteiger partial charge in [-0.25, -0.2) is 4.79 Å². The van der Waals surface area contributed by atoms with Gasteiger partial charge in [-0.3, -0.25) is 15.1 Å². The van der Waals surface area contributed by atoms with Gasteiger partial charge in [-0.05, 0) is 24.3 Å². The van der Waals surface area contributed by atoms with E-state index in [0.717, 1.165) is 6.07 Å². The van der Waals surface area contributed by atoms with E-state index in [-0.39, 0.29) is 12.4 Å². The van der Waals surface area contributed by atoms with E-state index in [9.17, 15) is 14.9 Å². The fourth-order valence-corrected chi connectivity index (χ4v) is 2.01. The minimum Gasteiger partial charge on any atom is -0.455 e. The van der Waals surface area contributed by atoms with Gasteiger partial charge in [-0.15, -0.1) is 0 Å². The van der Waals surface area contributed by atoms with Gasteiger partial charge in [-0.1, -0.05) is 18.2 Å². The summed E-state index contributed by atoms with van der Waals surface area (Å²) in [6, 6.07) is 12.8. The lowest BCUT2D eigenvalue weighted by Crippen LogP contribution is -2.05. The van der Waals surface area contributed by atoms with Crippen LogP contribution in [0.25, 0.3) is 0 Å². The predicted octanol–water partition coefficient (Wildman–Crippen LogP) is 3.73. The smallest absolute Gasteiger partial charge is 0.433 e. The summed E-state index contributed by atoms with van der Waals surface area (Å²) >= 11 is 0. The Labute approximate surface area is 141 Å². The number of esters is 1. The Balaban J connectivity index is 1.68. The molecule has 2 heterocycles. The van der Waals surface area contributed by atoms with Gasteiger partial charge < -0.3 is 13.9 Å². The van der Waals surface area contributed by atoms with Gasteiger partial charge in [0, 0.05) is 11.8 Å². The van der Waals surface area contributed by atoms with Gasteiger partial charge in [0.1, 0.15) is 23.0 Å². The maximum atomic E-state index is 11.9. The molecule has 0 fully saturated rings. The number of ether oxygens (including phenoxy) is 2. The number of nitrogens with zero attached hydrogens (tertiary/aromatic N) is 2.